The number of amides is 2. The Morgan fingerprint density at radius 1 is 1.12 bits per heavy atom. The summed E-state index contributed by atoms with van der Waals surface area (Å²) in [5.41, 5.74) is 7.42. The van der Waals surface area contributed by atoms with Crippen LogP contribution in [0.4, 0.5) is 5.69 Å². The van der Waals surface area contributed by atoms with Gasteiger partial charge in [-0.05, 0) is 50.6 Å². The lowest BCUT2D eigenvalue weighted by atomic mass is 10.1. The first kappa shape index (κ1) is 22.0. The zero-order chi connectivity index (χ0) is 22.7. The second-order valence-corrected chi connectivity index (χ2v) is 8.29. The van der Waals surface area contributed by atoms with Crippen molar-refractivity contribution in [3.63, 3.8) is 0 Å². The van der Waals surface area contributed by atoms with Crippen LogP contribution in [0.3, 0.4) is 0 Å². The number of aromatic nitrogens is 2. The summed E-state index contributed by atoms with van der Waals surface area (Å²) in [6.07, 6.45) is 3.38. The number of likely N-dealkylation sites (tertiary alicyclic amines) is 1. The summed E-state index contributed by atoms with van der Waals surface area (Å²) >= 11 is 0. The molecule has 4 rings (SSSR count). The lowest BCUT2D eigenvalue weighted by Crippen LogP contribution is -2.51. The number of piperazine rings is 1. The van der Waals surface area contributed by atoms with Crippen molar-refractivity contribution in [2.45, 2.75) is 25.8 Å². The smallest absolute Gasteiger partial charge is 0.252 e. The van der Waals surface area contributed by atoms with Gasteiger partial charge in [-0.25, -0.2) is 9.97 Å². The molecule has 2 saturated heterocycles. The van der Waals surface area contributed by atoms with Crippen molar-refractivity contribution in [2.24, 2.45) is 5.73 Å². The van der Waals surface area contributed by atoms with Crippen molar-refractivity contribution in [1.29, 1.82) is 0 Å². The predicted octanol–water partition coefficient (Wildman–Crippen LogP) is 1.38. The molecule has 0 saturated carbocycles. The predicted molar refractivity (Wildman–Crippen MR) is 121 cm³/mol. The first-order valence-electron chi connectivity index (χ1n) is 11.0. The van der Waals surface area contributed by atoms with E-state index in [2.05, 4.69) is 31.9 Å². The van der Waals surface area contributed by atoms with E-state index in [9.17, 15) is 9.59 Å². The summed E-state index contributed by atoms with van der Waals surface area (Å²) in [6, 6.07) is 8.01. The zero-order valence-electron chi connectivity index (χ0n) is 18.7. The molecule has 1 aromatic carbocycles. The Morgan fingerprint density at radius 2 is 1.84 bits per heavy atom. The quantitative estimate of drug-likeness (QED) is 0.726. The number of hydrogen-bond acceptors (Lipinski definition) is 7. The summed E-state index contributed by atoms with van der Waals surface area (Å²) in [4.78, 5) is 39.7. The Morgan fingerprint density at radius 3 is 2.47 bits per heavy atom. The van der Waals surface area contributed by atoms with Crippen LogP contribution in [0.2, 0.25) is 0 Å². The number of nitrogens with two attached hydrogens (primary N) is 1. The molecule has 2 amide bonds. The molecule has 1 aromatic heterocycles. The Labute approximate surface area is 188 Å². The van der Waals surface area contributed by atoms with E-state index in [4.69, 9.17) is 10.5 Å². The molecule has 1 atom stereocenters. The molecule has 2 N–H and O–H groups in total. The van der Waals surface area contributed by atoms with Crippen LogP contribution in [-0.4, -0.2) is 78.0 Å². The van der Waals surface area contributed by atoms with Crippen LogP contribution < -0.4 is 15.4 Å². The first-order chi connectivity index (χ1) is 15.5. The zero-order valence-corrected chi connectivity index (χ0v) is 18.7. The van der Waals surface area contributed by atoms with E-state index in [0.29, 0.717) is 36.7 Å². The molecule has 2 fully saturated rings. The Balaban J connectivity index is 1.34. The van der Waals surface area contributed by atoms with Crippen LogP contribution in [-0.2, 0) is 4.79 Å². The molecular formula is C23H30N6O3. The molecule has 0 spiro atoms. The molecule has 32 heavy (non-hydrogen) atoms. The number of aryl methyl sites for hydroxylation is 1. The number of hydrogen-bond donors (Lipinski definition) is 1. The Kier molecular flexibility index (Phi) is 6.55. The number of benzene rings is 1. The van der Waals surface area contributed by atoms with E-state index in [1.54, 1.807) is 14.0 Å². The highest BCUT2D eigenvalue weighted by Crippen LogP contribution is 2.30. The lowest BCUT2D eigenvalue weighted by Gasteiger charge is -2.37. The van der Waals surface area contributed by atoms with Gasteiger partial charge in [0.25, 0.3) is 5.91 Å². The van der Waals surface area contributed by atoms with E-state index < -0.39 is 5.91 Å². The van der Waals surface area contributed by atoms with E-state index in [-0.39, 0.29) is 11.9 Å². The number of rotatable bonds is 6. The van der Waals surface area contributed by atoms with Crippen molar-refractivity contribution >= 4 is 17.5 Å². The summed E-state index contributed by atoms with van der Waals surface area (Å²) in [7, 11) is 1.66. The minimum absolute atomic E-state index is 0.0137. The summed E-state index contributed by atoms with van der Waals surface area (Å²) < 4.78 is 5.23. The summed E-state index contributed by atoms with van der Waals surface area (Å²) in [5, 5.41) is 0. The minimum Gasteiger partial charge on any atom is -0.497 e. The average Bonchev–Trinajstić information content (AvgIpc) is 3.27. The van der Waals surface area contributed by atoms with Gasteiger partial charge in [0, 0.05) is 38.1 Å². The van der Waals surface area contributed by atoms with Gasteiger partial charge in [-0.15, -0.1) is 0 Å². The molecule has 2 aliphatic rings. The number of carbonyl (C=O) groups is 2. The van der Waals surface area contributed by atoms with Crippen LogP contribution in [0.15, 0.2) is 30.5 Å². The highest BCUT2D eigenvalue weighted by molar-refractivity contribution is 5.93. The number of primary amides is 1. The fraction of sp³-hybridized carbons (Fsp3) is 0.478. The highest BCUT2D eigenvalue weighted by Gasteiger charge is 2.32. The van der Waals surface area contributed by atoms with Gasteiger partial charge < -0.3 is 20.3 Å². The summed E-state index contributed by atoms with van der Waals surface area (Å²) in [5.74, 6) is 1.10. The van der Waals surface area contributed by atoms with Gasteiger partial charge in [0.15, 0.2) is 0 Å². The van der Waals surface area contributed by atoms with Gasteiger partial charge in [-0.1, -0.05) is 0 Å². The minimum atomic E-state index is -0.527. The number of nitrogens with zero attached hydrogens (tertiary/aromatic N) is 5. The van der Waals surface area contributed by atoms with Gasteiger partial charge in [-0.3, -0.25) is 14.5 Å². The average molecular weight is 439 g/mol. The van der Waals surface area contributed by atoms with E-state index in [1.807, 2.05) is 17.0 Å². The third-order valence-corrected chi connectivity index (χ3v) is 6.33. The van der Waals surface area contributed by atoms with Gasteiger partial charge in [0.2, 0.25) is 5.91 Å². The monoisotopic (exact) mass is 438 g/mol. The van der Waals surface area contributed by atoms with Crippen molar-refractivity contribution in [2.75, 3.05) is 51.3 Å². The molecule has 2 aliphatic heterocycles. The maximum atomic E-state index is 13.0. The number of anilines is 1. The number of methoxy groups -OCH3 is 1. The molecule has 0 aliphatic carbocycles. The second kappa shape index (κ2) is 9.52. The molecule has 2 aromatic rings. The molecule has 0 radical (unpaired) electrons. The van der Waals surface area contributed by atoms with Crippen LogP contribution in [0.25, 0.3) is 0 Å². The van der Waals surface area contributed by atoms with Crippen molar-refractivity contribution in [3.8, 4) is 5.75 Å². The lowest BCUT2D eigenvalue weighted by molar-refractivity contribution is -0.133. The molecule has 0 bridgehead atoms. The highest BCUT2D eigenvalue weighted by atomic mass is 16.5. The maximum Gasteiger partial charge on any atom is 0.252 e. The fourth-order valence-corrected chi connectivity index (χ4v) is 4.48. The van der Waals surface area contributed by atoms with Crippen molar-refractivity contribution in [3.05, 3.63) is 47.5 Å². The first-order valence-corrected chi connectivity index (χ1v) is 11.0. The van der Waals surface area contributed by atoms with Crippen LogP contribution in [0.5, 0.6) is 5.75 Å². The second-order valence-electron chi connectivity index (χ2n) is 8.29. The van der Waals surface area contributed by atoms with Crippen LogP contribution in [0, 0.1) is 6.92 Å². The Hall–Kier alpha value is -3.20. The standard InChI is InChI=1S/C23H30N6O3/c1-16-19(22(24)31)14-25-23(26-16)20-4-3-9-29(20)15-21(30)28-12-10-27(11-13-28)17-5-7-18(32-2)8-6-17/h5-8,14,20H,3-4,9-13,15H2,1-2H3,(H2,24,31)/t20-/m0/s1. The molecule has 0 unspecified atom stereocenters. The van der Waals surface area contributed by atoms with Crippen molar-refractivity contribution < 1.29 is 14.3 Å². The molecule has 9 heteroatoms. The number of ether oxygens (including phenoxy) is 1. The van der Waals surface area contributed by atoms with Gasteiger partial charge in [-0.2, -0.15) is 0 Å². The number of carbonyl (C=O) groups excluding carboxylic acids is 2. The third kappa shape index (κ3) is 4.67. The molecule has 170 valence electrons. The van der Waals surface area contributed by atoms with Gasteiger partial charge in [0.1, 0.15) is 11.6 Å². The topological polar surface area (TPSA) is 105 Å². The van der Waals surface area contributed by atoms with Gasteiger partial charge in [0.05, 0.1) is 31.0 Å². The Bertz CT molecular complexity index is 972. The molecule has 9 nitrogen and oxygen atoms in total. The van der Waals surface area contributed by atoms with E-state index in [0.717, 1.165) is 43.9 Å². The maximum absolute atomic E-state index is 13.0. The third-order valence-electron chi connectivity index (χ3n) is 6.33. The van der Waals surface area contributed by atoms with E-state index >= 15 is 0 Å². The van der Waals surface area contributed by atoms with Crippen LogP contribution >= 0.6 is 0 Å². The van der Waals surface area contributed by atoms with E-state index in [1.165, 1.54) is 6.20 Å². The van der Waals surface area contributed by atoms with Crippen molar-refractivity contribution in [1.82, 2.24) is 19.8 Å². The largest absolute Gasteiger partial charge is 0.497 e. The molecular weight excluding hydrogens is 408 g/mol. The summed E-state index contributed by atoms with van der Waals surface area (Å²) in [6.45, 7) is 5.96. The van der Waals surface area contributed by atoms with Crippen LogP contribution in [0.1, 0.15) is 40.8 Å². The fourth-order valence-electron chi connectivity index (χ4n) is 4.48. The van der Waals surface area contributed by atoms with Gasteiger partial charge >= 0.3 is 0 Å². The normalized spacial score (nSPS) is 19.2. The SMILES string of the molecule is COc1ccc(N2CCN(C(=O)CN3CCC[C@H]3c3ncc(C(N)=O)c(C)n3)CC2)cc1. The molecule has 3 heterocycles.